The van der Waals surface area contributed by atoms with E-state index in [0.717, 1.165) is 18.4 Å². The number of benzene rings is 3. The van der Waals surface area contributed by atoms with E-state index in [0.29, 0.717) is 40.7 Å². The van der Waals surface area contributed by atoms with Crippen LogP contribution in [0.5, 0.6) is 5.75 Å². The van der Waals surface area contributed by atoms with Gasteiger partial charge in [-0.1, -0.05) is 50.2 Å². The predicted octanol–water partition coefficient (Wildman–Crippen LogP) is 6.44. The van der Waals surface area contributed by atoms with Crippen LogP contribution in [0, 0.1) is 0 Å². The van der Waals surface area contributed by atoms with Gasteiger partial charge in [-0.2, -0.15) is 18.3 Å². The van der Waals surface area contributed by atoms with Crippen LogP contribution in [0.15, 0.2) is 79.0 Å². The van der Waals surface area contributed by atoms with Crippen LogP contribution in [0.25, 0.3) is 10.9 Å². The fourth-order valence-electron chi connectivity index (χ4n) is 4.81. The number of alkyl halides is 3. The Hall–Kier alpha value is -3.53. The SMILES string of the molecule is CCC(Oc1ccccc1)C(CC)(c1ccc(C(F)(F)F)cc1)n1ncc2c(NS(C)(=O)=O)cccc21. The number of hydrogen-bond donors (Lipinski definition) is 1. The molecule has 0 fully saturated rings. The average Bonchev–Trinajstić information content (AvgIpc) is 3.29. The molecule has 0 aliphatic carbocycles. The number of ether oxygens (including phenoxy) is 1. The first kappa shape index (κ1) is 26.5. The van der Waals surface area contributed by atoms with Gasteiger partial charge in [-0.25, -0.2) is 8.42 Å². The van der Waals surface area contributed by atoms with Crippen LogP contribution in [0.1, 0.15) is 37.8 Å². The van der Waals surface area contributed by atoms with Crippen LogP contribution in [0.2, 0.25) is 0 Å². The zero-order chi connectivity index (χ0) is 26.8. The zero-order valence-corrected chi connectivity index (χ0v) is 21.5. The van der Waals surface area contributed by atoms with Gasteiger partial charge < -0.3 is 4.74 Å². The average molecular weight is 532 g/mol. The van der Waals surface area contributed by atoms with E-state index in [1.807, 2.05) is 44.2 Å². The second-order valence-electron chi connectivity index (χ2n) is 8.85. The second kappa shape index (κ2) is 10.1. The Morgan fingerprint density at radius 1 is 0.946 bits per heavy atom. The monoisotopic (exact) mass is 531 g/mol. The predicted molar refractivity (Wildman–Crippen MR) is 138 cm³/mol. The summed E-state index contributed by atoms with van der Waals surface area (Å²) in [5.74, 6) is 0.620. The Balaban J connectivity index is 1.96. The van der Waals surface area contributed by atoms with E-state index in [9.17, 15) is 21.6 Å². The first-order chi connectivity index (χ1) is 17.5. The van der Waals surface area contributed by atoms with Crippen molar-refractivity contribution in [1.29, 1.82) is 0 Å². The molecule has 1 heterocycles. The first-order valence-corrected chi connectivity index (χ1v) is 13.7. The van der Waals surface area contributed by atoms with Gasteiger partial charge in [0, 0.05) is 5.39 Å². The normalized spacial score (nSPS) is 14.8. The van der Waals surface area contributed by atoms with Gasteiger partial charge in [0.25, 0.3) is 0 Å². The Kier molecular flexibility index (Phi) is 7.23. The quantitative estimate of drug-likeness (QED) is 0.270. The van der Waals surface area contributed by atoms with E-state index in [4.69, 9.17) is 4.74 Å². The van der Waals surface area contributed by atoms with Crippen LogP contribution in [0.4, 0.5) is 18.9 Å². The number of fused-ring (bicyclic) bond motifs is 1. The minimum Gasteiger partial charge on any atom is -0.488 e. The highest BCUT2D eigenvalue weighted by Gasteiger charge is 2.44. The lowest BCUT2D eigenvalue weighted by Gasteiger charge is -2.41. The molecule has 4 rings (SSSR count). The summed E-state index contributed by atoms with van der Waals surface area (Å²) < 4.78 is 74.7. The summed E-state index contributed by atoms with van der Waals surface area (Å²) in [4.78, 5) is 0. The number of rotatable bonds is 9. The number of sulfonamides is 1. The van der Waals surface area contributed by atoms with Gasteiger partial charge in [-0.05, 0) is 54.8 Å². The van der Waals surface area contributed by atoms with E-state index < -0.39 is 33.4 Å². The topological polar surface area (TPSA) is 73.2 Å². The number of nitrogens with one attached hydrogen (secondary N) is 1. The Labute approximate surface area is 214 Å². The van der Waals surface area contributed by atoms with E-state index in [-0.39, 0.29) is 0 Å². The zero-order valence-electron chi connectivity index (χ0n) is 20.7. The summed E-state index contributed by atoms with van der Waals surface area (Å²) in [5, 5.41) is 5.23. The molecule has 0 amide bonds. The highest BCUT2D eigenvalue weighted by molar-refractivity contribution is 7.92. The van der Waals surface area contributed by atoms with Crippen molar-refractivity contribution < 1.29 is 26.3 Å². The smallest absolute Gasteiger partial charge is 0.416 e. The molecule has 0 aliphatic heterocycles. The van der Waals surface area contributed by atoms with E-state index in [1.165, 1.54) is 12.1 Å². The number of nitrogens with zero attached hydrogens (tertiary/aromatic N) is 2. The number of hydrogen-bond acceptors (Lipinski definition) is 4. The Morgan fingerprint density at radius 3 is 2.16 bits per heavy atom. The maximum atomic E-state index is 13.4. The van der Waals surface area contributed by atoms with E-state index >= 15 is 0 Å². The molecule has 37 heavy (non-hydrogen) atoms. The van der Waals surface area contributed by atoms with Crippen molar-refractivity contribution >= 4 is 26.6 Å². The molecule has 4 aromatic rings. The highest BCUT2D eigenvalue weighted by atomic mass is 32.2. The van der Waals surface area contributed by atoms with Gasteiger partial charge in [0.1, 0.15) is 17.4 Å². The molecular formula is C27H28F3N3O3S. The minimum atomic E-state index is -4.47. The molecule has 0 saturated carbocycles. The molecule has 6 nitrogen and oxygen atoms in total. The van der Waals surface area contributed by atoms with Gasteiger partial charge in [0.15, 0.2) is 0 Å². The van der Waals surface area contributed by atoms with Crippen molar-refractivity contribution in [3.05, 3.63) is 90.1 Å². The van der Waals surface area contributed by atoms with E-state index in [1.54, 1.807) is 29.1 Å². The third kappa shape index (κ3) is 5.29. The lowest BCUT2D eigenvalue weighted by Crippen LogP contribution is -2.49. The van der Waals surface area contributed by atoms with Crippen molar-refractivity contribution in [3.8, 4) is 5.75 Å². The van der Waals surface area contributed by atoms with Gasteiger partial charge >= 0.3 is 6.18 Å². The van der Waals surface area contributed by atoms with Crippen LogP contribution in [0.3, 0.4) is 0 Å². The largest absolute Gasteiger partial charge is 0.488 e. The summed E-state index contributed by atoms with van der Waals surface area (Å²) in [6.07, 6.45) is -1.41. The number of anilines is 1. The van der Waals surface area contributed by atoms with E-state index in [2.05, 4.69) is 9.82 Å². The van der Waals surface area contributed by atoms with Gasteiger partial charge in [-0.15, -0.1) is 0 Å². The Morgan fingerprint density at radius 2 is 1.59 bits per heavy atom. The van der Waals surface area contributed by atoms with Gasteiger partial charge in [0.05, 0.1) is 29.2 Å². The third-order valence-corrected chi connectivity index (χ3v) is 7.05. The maximum Gasteiger partial charge on any atom is 0.416 e. The van der Waals surface area contributed by atoms with Crippen molar-refractivity contribution in [3.63, 3.8) is 0 Å². The molecule has 2 unspecified atom stereocenters. The lowest BCUT2D eigenvalue weighted by molar-refractivity contribution is -0.137. The van der Waals surface area contributed by atoms with Crippen molar-refractivity contribution in [2.24, 2.45) is 0 Å². The fraction of sp³-hybridized carbons (Fsp3) is 0.296. The Bertz CT molecular complexity index is 1470. The molecule has 0 spiro atoms. The lowest BCUT2D eigenvalue weighted by atomic mass is 9.80. The summed E-state index contributed by atoms with van der Waals surface area (Å²) in [7, 11) is -3.55. The van der Waals surface area contributed by atoms with Crippen molar-refractivity contribution in [2.45, 2.75) is 44.5 Å². The summed E-state index contributed by atoms with van der Waals surface area (Å²) in [6.45, 7) is 3.88. The molecule has 3 aromatic carbocycles. The number of halogens is 3. The van der Waals surface area contributed by atoms with Gasteiger partial charge in [-0.3, -0.25) is 9.40 Å². The molecule has 0 aliphatic rings. The standard InChI is InChI=1S/C27H28F3N3O3S/c1-4-25(36-21-10-7-6-8-11-21)26(5-2,19-14-16-20(17-15-19)27(28,29)30)33-24-13-9-12-23(22(24)18-31-33)32-37(3,34)35/h6-18,25,32H,4-5H2,1-3H3. The third-order valence-electron chi connectivity index (χ3n) is 6.46. The molecule has 1 N–H and O–H groups in total. The van der Waals surface area contributed by atoms with Crippen LogP contribution in [-0.4, -0.2) is 30.6 Å². The highest BCUT2D eigenvalue weighted by Crippen LogP contribution is 2.41. The van der Waals surface area contributed by atoms with Crippen LogP contribution >= 0.6 is 0 Å². The first-order valence-electron chi connectivity index (χ1n) is 11.8. The minimum absolute atomic E-state index is 0.362. The summed E-state index contributed by atoms with van der Waals surface area (Å²) in [5.41, 5.74) is -0.188. The molecule has 10 heteroatoms. The molecule has 0 bridgehead atoms. The fourth-order valence-corrected chi connectivity index (χ4v) is 5.39. The van der Waals surface area contributed by atoms with Gasteiger partial charge in [0.2, 0.25) is 10.0 Å². The number of para-hydroxylation sites is 1. The van der Waals surface area contributed by atoms with Crippen molar-refractivity contribution in [2.75, 3.05) is 11.0 Å². The molecule has 0 radical (unpaired) electrons. The molecular weight excluding hydrogens is 503 g/mol. The van der Waals surface area contributed by atoms with Crippen LogP contribution < -0.4 is 9.46 Å². The molecule has 196 valence electrons. The maximum absolute atomic E-state index is 13.4. The van der Waals surface area contributed by atoms with Crippen LogP contribution in [-0.2, 0) is 21.7 Å². The molecule has 0 saturated heterocycles. The number of aromatic nitrogens is 2. The summed E-state index contributed by atoms with van der Waals surface area (Å²) in [6, 6.07) is 19.4. The van der Waals surface area contributed by atoms with Crippen molar-refractivity contribution in [1.82, 2.24) is 9.78 Å². The summed E-state index contributed by atoms with van der Waals surface area (Å²) >= 11 is 0. The molecule has 2 atom stereocenters. The second-order valence-corrected chi connectivity index (χ2v) is 10.6. The molecule has 1 aromatic heterocycles.